The number of anilines is 1. The summed E-state index contributed by atoms with van der Waals surface area (Å²) in [5, 5.41) is 15.0. The molecular weight excluding hydrogens is 238 g/mol. The van der Waals surface area contributed by atoms with E-state index in [1.807, 2.05) is 36.4 Å². The third-order valence-corrected chi connectivity index (χ3v) is 2.88. The minimum atomic E-state index is 0.122. The Kier molecular flexibility index (Phi) is 4.03. The highest BCUT2D eigenvalue weighted by Gasteiger charge is 2.00. The van der Waals surface area contributed by atoms with E-state index in [2.05, 4.69) is 29.5 Å². The number of hydrogen-bond donors (Lipinski definition) is 3. The first-order valence-electron chi connectivity index (χ1n) is 6.06. The van der Waals surface area contributed by atoms with E-state index in [0.717, 1.165) is 11.3 Å². The number of oxime groups is 1. The smallest absolute Gasteiger partial charge is 0.170 e. The Bertz CT molecular complexity index is 576. The van der Waals surface area contributed by atoms with Gasteiger partial charge in [0.2, 0.25) is 0 Å². The third-order valence-electron chi connectivity index (χ3n) is 2.88. The van der Waals surface area contributed by atoms with Crippen LogP contribution in [0.5, 0.6) is 0 Å². The second kappa shape index (κ2) is 5.91. The maximum absolute atomic E-state index is 8.66. The maximum Gasteiger partial charge on any atom is 0.170 e. The van der Waals surface area contributed by atoms with Gasteiger partial charge < -0.3 is 16.3 Å². The zero-order valence-electron chi connectivity index (χ0n) is 10.8. The van der Waals surface area contributed by atoms with Crippen molar-refractivity contribution in [3.05, 3.63) is 65.2 Å². The van der Waals surface area contributed by atoms with E-state index < -0.39 is 0 Å². The van der Waals surface area contributed by atoms with E-state index in [-0.39, 0.29) is 5.84 Å². The molecule has 4 heteroatoms. The SMILES string of the molecule is Cc1ccc(NCc2cccc(C(N)=NO)c2)cc1. The topological polar surface area (TPSA) is 70.6 Å². The highest BCUT2D eigenvalue weighted by atomic mass is 16.4. The van der Waals surface area contributed by atoms with Gasteiger partial charge in [-0.3, -0.25) is 0 Å². The van der Waals surface area contributed by atoms with Crippen molar-refractivity contribution >= 4 is 11.5 Å². The van der Waals surface area contributed by atoms with Crippen LogP contribution in [-0.2, 0) is 6.54 Å². The second-order valence-corrected chi connectivity index (χ2v) is 4.41. The zero-order chi connectivity index (χ0) is 13.7. The molecule has 2 aromatic carbocycles. The zero-order valence-corrected chi connectivity index (χ0v) is 10.8. The minimum absolute atomic E-state index is 0.122. The van der Waals surface area contributed by atoms with Crippen LogP contribution in [0.3, 0.4) is 0 Å². The molecule has 0 amide bonds. The molecule has 0 fully saturated rings. The lowest BCUT2D eigenvalue weighted by Gasteiger charge is -2.08. The van der Waals surface area contributed by atoms with Crippen molar-refractivity contribution in [3.63, 3.8) is 0 Å². The molecule has 19 heavy (non-hydrogen) atoms. The molecule has 0 aliphatic rings. The molecule has 2 aromatic rings. The van der Waals surface area contributed by atoms with E-state index >= 15 is 0 Å². The normalized spacial score (nSPS) is 11.3. The molecule has 0 aliphatic heterocycles. The van der Waals surface area contributed by atoms with E-state index in [1.54, 1.807) is 0 Å². The van der Waals surface area contributed by atoms with E-state index in [0.29, 0.717) is 12.1 Å². The van der Waals surface area contributed by atoms with E-state index in [9.17, 15) is 0 Å². The molecule has 0 atom stereocenters. The van der Waals surface area contributed by atoms with Gasteiger partial charge >= 0.3 is 0 Å². The van der Waals surface area contributed by atoms with Gasteiger partial charge in [-0.15, -0.1) is 0 Å². The second-order valence-electron chi connectivity index (χ2n) is 4.41. The molecule has 0 bridgehead atoms. The first kappa shape index (κ1) is 13.0. The van der Waals surface area contributed by atoms with Crippen LogP contribution in [0.2, 0.25) is 0 Å². The van der Waals surface area contributed by atoms with Crippen LogP contribution in [0, 0.1) is 6.92 Å². The Morgan fingerprint density at radius 1 is 1.21 bits per heavy atom. The highest BCUT2D eigenvalue weighted by molar-refractivity contribution is 5.97. The quantitative estimate of drug-likeness (QED) is 0.340. The van der Waals surface area contributed by atoms with Gasteiger partial charge in [0, 0.05) is 17.8 Å². The minimum Gasteiger partial charge on any atom is -0.409 e. The number of nitrogens with two attached hydrogens (primary N) is 1. The van der Waals surface area contributed by atoms with Crippen molar-refractivity contribution < 1.29 is 5.21 Å². The van der Waals surface area contributed by atoms with Crippen LogP contribution in [-0.4, -0.2) is 11.0 Å². The van der Waals surface area contributed by atoms with Crippen LogP contribution in [0.4, 0.5) is 5.69 Å². The lowest BCUT2D eigenvalue weighted by molar-refractivity contribution is 0.318. The number of nitrogens with zero attached hydrogens (tertiary/aromatic N) is 1. The van der Waals surface area contributed by atoms with Gasteiger partial charge in [0.05, 0.1) is 0 Å². The third kappa shape index (κ3) is 3.48. The van der Waals surface area contributed by atoms with Gasteiger partial charge in [-0.05, 0) is 30.7 Å². The summed E-state index contributed by atoms with van der Waals surface area (Å²) in [7, 11) is 0. The number of aryl methyl sites for hydroxylation is 1. The number of rotatable bonds is 4. The summed E-state index contributed by atoms with van der Waals surface area (Å²) in [5.41, 5.74) is 9.66. The maximum atomic E-state index is 8.66. The van der Waals surface area contributed by atoms with Crippen molar-refractivity contribution in [1.82, 2.24) is 0 Å². The summed E-state index contributed by atoms with van der Waals surface area (Å²) in [6, 6.07) is 15.8. The highest BCUT2D eigenvalue weighted by Crippen LogP contribution is 2.11. The molecule has 0 spiro atoms. The number of amidine groups is 1. The Labute approximate surface area is 112 Å². The molecule has 0 radical (unpaired) electrons. The fraction of sp³-hybridized carbons (Fsp3) is 0.133. The van der Waals surface area contributed by atoms with Crippen molar-refractivity contribution in [1.29, 1.82) is 0 Å². The molecule has 0 unspecified atom stereocenters. The summed E-state index contributed by atoms with van der Waals surface area (Å²) in [6.45, 7) is 2.75. The largest absolute Gasteiger partial charge is 0.409 e. The molecular formula is C15H17N3O. The van der Waals surface area contributed by atoms with Gasteiger partial charge in [-0.2, -0.15) is 0 Å². The summed E-state index contributed by atoms with van der Waals surface area (Å²) in [4.78, 5) is 0. The average molecular weight is 255 g/mol. The van der Waals surface area contributed by atoms with Gasteiger partial charge in [0.1, 0.15) is 0 Å². The molecule has 0 heterocycles. The van der Waals surface area contributed by atoms with Crippen LogP contribution < -0.4 is 11.1 Å². The Balaban J connectivity index is 2.05. The Hall–Kier alpha value is -2.49. The average Bonchev–Trinajstić information content (AvgIpc) is 2.46. The number of nitrogens with one attached hydrogen (secondary N) is 1. The van der Waals surface area contributed by atoms with Crippen molar-refractivity contribution in [2.45, 2.75) is 13.5 Å². The summed E-state index contributed by atoms with van der Waals surface area (Å²) in [5.74, 6) is 0.122. The van der Waals surface area contributed by atoms with E-state index in [1.165, 1.54) is 5.56 Å². The first-order chi connectivity index (χ1) is 9.19. The lowest BCUT2D eigenvalue weighted by Crippen LogP contribution is -2.13. The molecule has 0 aliphatic carbocycles. The van der Waals surface area contributed by atoms with Gasteiger partial charge in [-0.1, -0.05) is 41.1 Å². The number of benzene rings is 2. The van der Waals surface area contributed by atoms with Crippen LogP contribution >= 0.6 is 0 Å². The van der Waals surface area contributed by atoms with Crippen molar-refractivity contribution in [2.24, 2.45) is 10.9 Å². The number of hydrogen-bond acceptors (Lipinski definition) is 3. The molecule has 0 saturated heterocycles. The Morgan fingerprint density at radius 2 is 1.95 bits per heavy atom. The Morgan fingerprint density at radius 3 is 2.63 bits per heavy atom. The fourth-order valence-electron chi connectivity index (χ4n) is 1.77. The van der Waals surface area contributed by atoms with Crippen LogP contribution in [0.25, 0.3) is 0 Å². The van der Waals surface area contributed by atoms with Crippen molar-refractivity contribution in [3.8, 4) is 0 Å². The van der Waals surface area contributed by atoms with Gasteiger partial charge in [-0.25, -0.2) is 0 Å². The molecule has 98 valence electrons. The lowest BCUT2D eigenvalue weighted by atomic mass is 10.1. The summed E-state index contributed by atoms with van der Waals surface area (Å²) < 4.78 is 0. The summed E-state index contributed by atoms with van der Waals surface area (Å²) >= 11 is 0. The van der Waals surface area contributed by atoms with Crippen LogP contribution in [0.1, 0.15) is 16.7 Å². The van der Waals surface area contributed by atoms with Gasteiger partial charge in [0.25, 0.3) is 0 Å². The molecule has 4 N–H and O–H groups in total. The predicted molar refractivity (Wildman–Crippen MR) is 77.5 cm³/mol. The predicted octanol–water partition coefficient (Wildman–Crippen LogP) is 2.70. The molecule has 2 rings (SSSR count). The molecule has 0 saturated carbocycles. The van der Waals surface area contributed by atoms with Crippen molar-refractivity contribution in [2.75, 3.05) is 5.32 Å². The molecule has 0 aromatic heterocycles. The summed E-state index contributed by atoms with van der Waals surface area (Å²) in [6.07, 6.45) is 0. The van der Waals surface area contributed by atoms with Gasteiger partial charge in [0.15, 0.2) is 5.84 Å². The standard InChI is InChI=1S/C15H17N3O/c1-11-5-7-14(8-6-11)17-10-12-3-2-4-13(9-12)15(16)18-19/h2-9,17,19H,10H2,1H3,(H2,16,18). The fourth-order valence-corrected chi connectivity index (χ4v) is 1.77. The monoisotopic (exact) mass is 255 g/mol. The molecule has 4 nitrogen and oxygen atoms in total. The van der Waals surface area contributed by atoms with E-state index in [4.69, 9.17) is 10.9 Å². The van der Waals surface area contributed by atoms with Crippen LogP contribution in [0.15, 0.2) is 53.7 Å². The first-order valence-corrected chi connectivity index (χ1v) is 6.06.